The first-order valence-corrected chi connectivity index (χ1v) is 8.30. The van der Waals surface area contributed by atoms with E-state index in [-0.39, 0.29) is 5.75 Å². The topological polar surface area (TPSA) is 47.1 Å². The lowest BCUT2D eigenvalue weighted by Crippen LogP contribution is -2.59. The van der Waals surface area contributed by atoms with Crippen LogP contribution in [0.1, 0.15) is 6.92 Å². The summed E-state index contributed by atoms with van der Waals surface area (Å²) in [5.41, 5.74) is 0. The minimum Gasteiger partial charge on any atom is -0.304 e. The molecule has 0 bridgehead atoms. The molecule has 6 nitrogen and oxygen atoms in total. The molecule has 0 N–H and O–H groups in total. The lowest BCUT2D eigenvalue weighted by molar-refractivity contribution is -0.0693. The molecule has 0 aliphatic carbocycles. The zero-order valence-corrected chi connectivity index (χ0v) is 12.2. The van der Waals surface area contributed by atoms with Crippen molar-refractivity contribution in [3.63, 3.8) is 0 Å². The summed E-state index contributed by atoms with van der Waals surface area (Å²) in [5.74, 6) is 0.210. The molecule has 0 aromatic heterocycles. The van der Waals surface area contributed by atoms with Gasteiger partial charge in [-0.1, -0.05) is 0 Å². The number of sulfonamides is 1. The smallest absolute Gasteiger partial charge is 0.213 e. The minimum absolute atomic E-state index is 0.210. The highest BCUT2D eigenvalue weighted by atomic mass is 32.2. The highest BCUT2D eigenvalue weighted by Crippen LogP contribution is 2.11. The first-order valence-electron chi connectivity index (χ1n) is 6.69. The van der Waals surface area contributed by atoms with Gasteiger partial charge < -0.3 is 4.90 Å². The van der Waals surface area contributed by atoms with Crippen LogP contribution in [0.5, 0.6) is 0 Å². The fraction of sp³-hybridized carbons (Fsp3) is 1.00. The number of nitrogens with zero attached hydrogens (tertiary/aromatic N) is 4. The van der Waals surface area contributed by atoms with Crippen LogP contribution in [0.3, 0.4) is 0 Å². The minimum atomic E-state index is -3.00. The molecule has 0 saturated carbocycles. The average molecular weight is 276 g/mol. The Labute approximate surface area is 110 Å². The standard InChI is InChI=1S/C11H24N4O2S/c1-3-18(16,17)15-10-8-14(9-11-15)13-6-4-12(2)5-7-13/h3-11H2,1-2H3. The molecule has 0 radical (unpaired) electrons. The van der Waals surface area contributed by atoms with Crippen LogP contribution >= 0.6 is 0 Å². The summed E-state index contributed by atoms with van der Waals surface area (Å²) in [6, 6.07) is 0. The second kappa shape index (κ2) is 5.83. The van der Waals surface area contributed by atoms with E-state index < -0.39 is 10.0 Å². The molecule has 0 unspecified atom stereocenters. The first kappa shape index (κ1) is 14.2. The molecule has 18 heavy (non-hydrogen) atoms. The van der Waals surface area contributed by atoms with Gasteiger partial charge in [0.1, 0.15) is 0 Å². The van der Waals surface area contributed by atoms with Crippen LogP contribution in [-0.2, 0) is 10.0 Å². The van der Waals surface area contributed by atoms with Gasteiger partial charge in [0.25, 0.3) is 0 Å². The van der Waals surface area contributed by atoms with Gasteiger partial charge in [-0.15, -0.1) is 0 Å². The lowest BCUT2D eigenvalue weighted by atomic mass is 10.3. The molecule has 0 aromatic carbocycles. The van der Waals surface area contributed by atoms with E-state index in [2.05, 4.69) is 22.0 Å². The molecule has 0 aromatic rings. The van der Waals surface area contributed by atoms with Crippen molar-refractivity contribution in [2.75, 3.05) is 65.2 Å². The van der Waals surface area contributed by atoms with Crippen molar-refractivity contribution in [1.82, 2.24) is 19.2 Å². The summed E-state index contributed by atoms with van der Waals surface area (Å²) >= 11 is 0. The van der Waals surface area contributed by atoms with Crippen LogP contribution in [0, 0.1) is 0 Å². The van der Waals surface area contributed by atoms with E-state index in [1.54, 1.807) is 11.2 Å². The molecular weight excluding hydrogens is 252 g/mol. The third kappa shape index (κ3) is 3.21. The quantitative estimate of drug-likeness (QED) is 0.670. The Bertz CT molecular complexity index is 357. The third-order valence-corrected chi connectivity index (χ3v) is 5.73. The summed E-state index contributed by atoms with van der Waals surface area (Å²) in [5, 5.41) is 4.69. The second-order valence-electron chi connectivity index (χ2n) is 5.01. The predicted molar refractivity (Wildman–Crippen MR) is 71.7 cm³/mol. The van der Waals surface area contributed by atoms with Crippen molar-refractivity contribution in [3.05, 3.63) is 0 Å². The highest BCUT2D eigenvalue weighted by molar-refractivity contribution is 7.89. The SMILES string of the molecule is CCS(=O)(=O)N1CCN(N2CCN(C)CC2)CC1. The van der Waals surface area contributed by atoms with Gasteiger partial charge in [0.2, 0.25) is 10.0 Å². The molecule has 2 aliphatic rings. The van der Waals surface area contributed by atoms with Crippen LogP contribution in [-0.4, -0.2) is 92.8 Å². The van der Waals surface area contributed by atoms with E-state index in [4.69, 9.17) is 0 Å². The summed E-state index contributed by atoms with van der Waals surface area (Å²) in [6.07, 6.45) is 0. The summed E-state index contributed by atoms with van der Waals surface area (Å²) in [6.45, 7) is 8.90. The fourth-order valence-electron chi connectivity index (χ4n) is 2.50. The number of likely N-dealkylation sites (N-methyl/N-ethyl adjacent to an activating group) is 1. The molecular formula is C11H24N4O2S. The molecule has 2 fully saturated rings. The Morgan fingerprint density at radius 1 is 0.833 bits per heavy atom. The van der Waals surface area contributed by atoms with Crippen LogP contribution < -0.4 is 0 Å². The summed E-state index contributed by atoms with van der Waals surface area (Å²) < 4.78 is 25.2. The second-order valence-corrected chi connectivity index (χ2v) is 7.27. The van der Waals surface area contributed by atoms with Gasteiger partial charge in [-0.2, -0.15) is 4.31 Å². The van der Waals surface area contributed by atoms with Gasteiger partial charge in [-0.3, -0.25) is 0 Å². The Hall–Kier alpha value is -0.210. The van der Waals surface area contributed by atoms with Crippen molar-refractivity contribution >= 4 is 10.0 Å². The van der Waals surface area contributed by atoms with E-state index in [0.717, 1.165) is 39.3 Å². The summed E-state index contributed by atoms with van der Waals surface area (Å²) in [7, 11) is -0.862. The largest absolute Gasteiger partial charge is 0.304 e. The van der Waals surface area contributed by atoms with E-state index in [9.17, 15) is 8.42 Å². The molecule has 0 atom stereocenters. The molecule has 0 spiro atoms. The first-order chi connectivity index (χ1) is 8.53. The number of hydrogen-bond donors (Lipinski definition) is 0. The van der Waals surface area contributed by atoms with Gasteiger partial charge in [0, 0.05) is 52.4 Å². The van der Waals surface area contributed by atoms with E-state index in [1.807, 2.05) is 0 Å². The lowest BCUT2D eigenvalue weighted by Gasteiger charge is -2.43. The highest BCUT2D eigenvalue weighted by Gasteiger charge is 2.28. The Morgan fingerprint density at radius 3 is 1.72 bits per heavy atom. The summed E-state index contributed by atoms with van der Waals surface area (Å²) in [4.78, 5) is 2.33. The maximum atomic E-state index is 11.8. The Balaban J connectivity index is 1.83. The molecule has 2 saturated heterocycles. The van der Waals surface area contributed by atoms with Crippen molar-refractivity contribution in [1.29, 1.82) is 0 Å². The van der Waals surface area contributed by atoms with Crippen LogP contribution in [0.4, 0.5) is 0 Å². The Morgan fingerprint density at radius 2 is 1.28 bits per heavy atom. The van der Waals surface area contributed by atoms with E-state index in [1.165, 1.54) is 0 Å². The molecule has 7 heteroatoms. The van der Waals surface area contributed by atoms with Gasteiger partial charge in [0.05, 0.1) is 5.75 Å². The van der Waals surface area contributed by atoms with Crippen molar-refractivity contribution in [3.8, 4) is 0 Å². The molecule has 2 rings (SSSR count). The van der Waals surface area contributed by atoms with Gasteiger partial charge in [-0.05, 0) is 14.0 Å². The number of hydrazine groups is 1. The maximum Gasteiger partial charge on any atom is 0.213 e. The maximum absolute atomic E-state index is 11.8. The van der Waals surface area contributed by atoms with Crippen molar-refractivity contribution < 1.29 is 8.42 Å². The zero-order chi connectivity index (χ0) is 13.2. The predicted octanol–water partition coefficient (Wildman–Crippen LogP) is -0.884. The monoisotopic (exact) mass is 276 g/mol. The number of hydrogen-bond acceptors (Lipinski definition) is 5. The van der Waals surface area contributed by atoms with E-state index >= 15 is 0 Å². The van der Waals surface area contributed by atoms with Gasteiger partial charge in [-0.25, -0.2) is 18.4 Å². The normalized spacial score (nSPS) is 26.6. The number of rotatable bonds is 3. The van der Waals surface area contributed by atoms with E-state index in [0.29, 0.717) is 13.1 Å². The molecule has 106 valence electrons. The van der Waals surface area contributed by atoms with Crippen molar-refractivity contribution in [2.45, 2.75) is 6.92 Å². The van der Waals surface area contributed by atoms with Gasteiger partial charge >= 0.3 is 0 Å². The molecule has 0 amide bonds. The molecule has 2 heterocycles. The van der Waals surface area contributed by atoms with Crippen molar-refractivity contribution in [2.24, 2.45) is 0 Å². The Kier molecular flexibility index (Phi) is 4.60. The molecule has 2 aliphatic heterocycles. The number of piperazine rings is 2. The van der Waals surface area contributed by atoms with Crippen LogP contribution in [0.25, 0.3) is 0 Å². The van der Waals surface area contributed by atoms with Crippen LogP contribution in [0.15, 0.2) is 0 Å². The fourth-order valence-corrected chi connectivity index (χ4v) is 3.58. The average Bonchev–Trinajstić information content (AvgIpc) is 2.40. The zero-order valence-electron chi connectivity index (χ0n) is 11.4. The van der Waals surface area contributed by atoms with Crippen LogP contribution in [0.2, 0.25) is 0 Å². The van der Waals surface area contributed by atoms with Gasteiger partial charge in [0.15, 0.2) is 0 Å². The third-order valence-electron chi connectivity index (χ3n) is 3.85.